The van der Waals surface area contributed by atoms with Gasteiger partial charge in [0.25, 0.3) is 0 Å². The molecule has 0 saturated heterocycles. The van der Waals surface area contributed by atoms with Gasteiger partial charge in [-0.2, -0.15) is 0 Å². The molecular formula is C15H25ClN4. The van der Waals surface area contributed by atoms with Gasteiger partial charge < -0.3 is 15.1 Å². The standard InChI is InChI=1S/C15H25ClN4/c1-17-9-12-8-14(18-10-13(12)16)20(4)11-15(19(2)3)6-5-7-15/h8,10,17H,5-7,9,11H2,1-4H3. The lowest BCUT2D eigenvalue weighted by atomic mass is 9.75. The van der Waals surface area contributed by atoms with Gasteiger partial charge in [-0.05, 0) is 52.0 Å². The monoisotopic (exact) mass is 296 g/mol. The molecule has 0 radical (unpaired) electrons. The summed E-state index contributed by atoms with van der Waals surface area (Å²) in [4.78, 5) is 9.07. The fraction of sp³-hybridized carbons (Fsp3) is 0.667. The van der Waals surface area contributed by atoms with Crippen molar-refractivity contribution in [2.75, 3.05) is 39.6 Å². The lowest BCUT2D eigenvalue weighted by Gasteiger charge is -2.49. The molecule has 0 amide bonds. The average Bonchev–Trinajstić information content (AvgIpc) is 2.36. The van der Waals surface area contributed by atoms with Crippen LogP contribution in [0, 0.1) is 0 Å². The number of nitrogens with one attached hydrogen (secondary N) is 1. The van der Waals surface area contributed by atoms with Crippen molar-refractivity contribution in [2.24, 2.45) is 0 Å². The van der Waals surface area contributed by atoms with Crippen LogP contribution < -0.4 is 10.2 Å². The molecule has 1 heterocycles. The third-order valence-electron chi connectivity index (χ3n) is 4.44. The zero-order valence-corrected chi connectivity index (χ0v) is 13.7. The third kappa shape index (κ3) is 3.08. The first kappa shape index (κ1) is 15.5. The van der Waals surface area contributed by atoms with E-state index < -0.39 is 0 Å². The molecule has 20 heavy (non-hydrogen) atoms. The summed E-state index contributed by atoms with van der Waals surface area (Å²) in [7, 11) is 8.39. The number of rotatable bonds is 6. The van der Waals surface area contributed by atoms with Gasteiger partial charge >= 0.3 is 0 Å². The number of nitrogens with zero attached hydrogens (tertiary/aromatic N) is 3. The van der Waals surface area contributed by atoms with Crippen molar-refractivity contribution in [3.05, 3.63) is 22.8 Å². The molecule has 1 aromatic rings. The van der Waals surface area contributed by atoms with E-state index in [1.54, 1.807) is 6.20 Å². The first-order chi connectivity index (χ1) is 9.48. The fourth-order valence-electron chi connectivity index (χ4n) is 2.86. The molecule has 1 aromatic heterocycles. The van der Waals surface area contributed by atoms with Gasteiger partial charge in [0.2, 0.25) is 0 Å². The molecule has 0 bridgehead atoms. The van der Waals surface area contributed by atoms with Gasteiger partial charge in [0.1, 0.15) is 5.82 Å². The molecule has 1 aliphatic rings. The highest BCUT2D eigenvalue weighted by Gasteiger charge is 2.40. The Labute approximate surface area is 127 Å². The Morgan fingerprint density at radius 3 is 2.55 bits per heavy atom. The van der Waals surface area contributed by atoms with Crippen molar-refractivity contribution >= 4 is 17.4 Å². The second-order valence-electron chi connectivity index (χ2n) is 5.99. The molecule has 1 aliphatic carbocycles. The maximum atomic E-state index is 6.17. The highest BCUT2D eigenvalue weighted by atomic mass is 35.5. The van der Waals surface area contributed by atoms with Crippen molar-refractivity contribution in [3.8, 4) is 0 Å². The molecule has 0 aliphatic heterocycles. The number of likely N-dealkylation sites (N-methyl/N-ethyl adjacent to an activating group) is 2. The largest absolute Gasteiger partial charge is 0.358 e. The van der Waals surface area contributed by atoms with Crippen molar-refractivity contribution < 1.29 is 0 Å². The molecular weight excluding hydrogens is 272 g/mol. The number of anilines is 1. The molecule has 1 saturated carbocycles. The van der Waals surface area contributed by atoms with Crippen molar-refractivity contribution in [1.29, 1.82) is 0 Å². The molecule has 112 valence electrons. The Morgan fingerprint density at radius 1 is 1.35 bits per heavy atom. The second kappa shape index (κ2) is 6.29. The van der Waals surface area contributed by atoms with Crippen molar-refractivity contribution in [2.45, 2.75) is 31.3 Å². The maximum Gasteiger partial charge on any atom is 0.128 e. The predicted octanol–water partition coefficient (Wildman–Crippen LogP) is 2.37. The lowest BCUT2D eigenvalue weighted by molar-refractivity contribution is 0.0682. The molecule has 5 heteroatoms. The van der Waals surface area contributed by atoms with Crippen molar-refractivity contribution in [3.63, 3.8) is 0 Å². The highest BCUT2D eigenvalue weighted by molar-refractivity contribution is 6.31. The number of hydrogen-bond donors (Lipinski definition) is 1. The Bertz CT molecular complexity index is 457. The van der Waals surface area contributed by atoms with Crippen LogP contribution in [0.3, 0.4) is 0 Å². The second-order valence-corrected chi connectivity index (χ2v) is 6.40. The van der Waals surface area contributed by atoms with Gasteiger partial charge in [-0.15, -0.1) is 0 Å². The Balaban J connectivity index is 2.12. The molecule has 0 unspecified atom stereocenters. The van der Waals surface area contributed by atoms with Gasteiger partial charge in [-0.1, -0.05) is 11.6 Å². The average molecular weight is 297 g/mol. The summed E-state index contributed by atoms with van der Waals surface area (Å²) in [6.07, 6.45) is 5.61. The van der Waals surface area contributed by atoms with Crippen LogP contribution in [-0.4, -0.2) is 50.2 Å². The Kier molecular flexibility index (Phi) is 4.89. The van der Waals surface area contributed by atoms with Gasteiger partial charge in [0, 0.05) is 31.9 Å². The van der Waals surface area contributed by atoms with E-state index in [0.29, 0.717) is 5.54 Å². The minimum atomic E-state index is 0.305. The number of hydrogen-bond acceptors (Lipinski definition) is 4. The summed E-state index contributed by atoms with van der Waals surface area (Å²) < 4.78 is 0. The molecule has 1 fully saturated rings. The van der Waals surface area contributed by atoms with E-state index in [1.165, 1.54) is 19.3 Å². The fourth-order valence-corrected chi connectivity index (χ4v) is 3.03. The van der Waals surface area contributed by atoms with Crippen molar-refractivity contribution in [1.82, 2.24) is 15.2 Å². The van der Waals surface area contributed by atoms with Crippen LogP contribution in [0.4, 0.5) is 5.82 Å². The van der Waals surface area contributed by atoms with Gasteiger partial charge in [-0.3, -0.25) is 0 Å². The van der Waals surface area contributed by atoms with Gasteiger partial charge in [-0.25, -0.2) is 4.98 Å². The van der Waals surface area contributed by atoms with Gasteiger partial charge in [0.05, 0.1) is 5.02 Å². The summed E-state index contributed by atoms with van der Waals surface area (Å²) in [5, 5.41) is 3.87. The minimum absolute atomic E-state index is 0.305. The van der Waals surface area contributed by atoms with Gasteiger partial charge in [0.15, 0.2) is 0 Å². The third-order valence-corrected chi connectivity index (χ3v) is 4.78. The molecule has 0 spiro atoms. The summed E-state index contributed by atoms with van der Waals surface area (Å²) in [6, 6.07) is 2.08. The lowest BCUT2D eigenvalue weighted by Crippen LogP contribution is -2.56. The molecule has 0 atom stereocenters. The van der Waals surface area contributed by atoms with Crippen LogP contribution in [0.15, 0.2) is 12.3 Å². The normalized spacial score (nSPS) is 17.1. The SMILES string of the molecule is CNCc1cc(N(C)CC2(N(C)C)CCC2)ncc1Cl. The molecule has 0 aromatic carbocycles. The summed E-state index contributed by atoms with van der Waals surface area (Å²) in [5.74, 6) is 0.993. The molecule has 2 rings (SSSR count). The van der Waals surface area contributed by atoms with E-state index in [4.69, 9.17) is 11.6 Å². The van der Waals surface area contributed by atoms with E-state index in [9.17, 15) is 0 Å². The first-order valence-corrected chi connectivity index (χ1v) is 7.54. The first-order valence-electron chi connectivity index (χ1n) is 7.16. The van der Waals surface area contributed by atoms with Crippen LogP contribution in [0.5, 0.6) is 0 Å². The summed E-state index contributed by atoms with van der Waals surface area (Å²) >= 11 is 6.17. The number of pyridine rings is 1. The Morgan fingerprint density at radius 2 is 2.05 bits per heavy atom. The van der Waals surface area contributed by atoms with E-state index in [-0.39, 0.29) is 0 Å². The quantitative estimate of drug-likeness (QED) is 0.873. The highest BCUT2D eigenvalue weighted by Crippen LogP contribution is 2.37. The van der Waals surface area contributed by atoms with Crippen LogP contribution in [0.1, 0.15) is 24.8 Å². The molecule has 1 N–H and O–H groups in total. The predicted molar refractivity (Wildman–Crippen MR) is 85.5 cm³/mol. The van der Waals surface area contributed by atoms with E-state index in [1.807, 2.05) is 7.05 Å². The topological polar surface area (TPSA) is 31.4 Å². The van der Waals surface area contributed by atoms with E-state index in [0.717, 1.165) is 29.5 Å². The van der Waals surface area contributed by atoms with Crippen LogP contribution in [0.2, 0.25) is 5.02 Å². The molecule has 4 nitrogen and oxygen atoms in total. The summed E-state index contributed by atoms with van der Waals surface area (Å²) in [5.41, 5.74) is 1.40. The number of halogens is 1. The smallest absolute Gasteiger partial charge is 0.128 e. The van der Waals surface area contributed by atoms with E-state index in [2.05, 4.69) is 47.3 Å². The summed E-state index contributed by atoms with van der Waals surface area (Å²) in [6.45, 7) is 1.77. The maximum absolute atomic E-state index is 6.17. The van der Waals surface area contributed by atoms with Crippen LogP contribution in [0.25, 0.3) is 0 Å². The van der Waals surface area contributed by atoms with E-state index >= 15 is 0 Å². The zero-order valence-electron chi connectivity index (χ0n) is 12.9. The minimum Gasteiger partial charge on any atom is -0.358 e. The zero-order chi connectivity index (χ0) is 14.8. The van der Waals surface area contributed by atoms with Crippen LogP contribution in [-0.2, 0) is 6.54 Å². The van der Waals surface area contributed by atoms with Crippen LogP contribution >= 0.6 is 11.6 Å². The Hall–Kier alpha value is -0.840. The number of aromatic nitrogens is 1.